The molecule has 0 saturated carbocycles. The van der Waals surface area contributed by atoms with Crippen LogP contribution in [0.4, 0.5) is 0 Å². The quantitative estimate of drug-likeness (QED) is 0.666. The zero-order valence-electron chi connectivity index (χ0n) is 8.18. The van der Waals surface area contributed by atoms with E-state index in [2.05, 4.69) is 19.6 Å². The minimum atomic E-state index is -0.554. The smallest absolute Gasteiger partial charge is 0.296 e. The van der Waals surface area contributed by atoms with Gasteiger partial charge in [-0.2, -0.15) is 0 Å². The van der Waals surface area contributed by atoms with Crippen molar-refractivity contribution in [1.82, 2.24) is 15.1 Å². The molecule has 3 aromatic rings. The van der Waals surface area contributed by atoms with E-state index in [0.717, 1.165) is 16.5 Å². The number of fused-ring (bicyclic) bond motifs is 1. The van der Waals surface area contributed by atoms with Crippen molar-refractivity contribution >= 4 is 10.9 Å². The summed E-state index contributed by atoms with van der Waals surface area (Å²) in [5, 5.41) is 4.62. The number of H-pyrrole nitrogens is 1. The predicted molar refractivity (Wildman–Crippen MR) is 57.9 cm³/mol. The minimum Gasteiger partial charge on any atom is -0.296 e. The van der Waals surface area contributed by atoms with Gasteiger partial charge in [-0.15, -0.1) is 0 Å². The summed E-state index contributed by atoms with van der Waals surface area (Å²) in [6, 6.07) is 9.42. The Morgan fingerprint density at radius 1 is 1.25 bits per heavy atom. The molecule has 0 bridgehead atoms. The van der Waals surface area contributed by atoms with Gasteiger partial charge in [0.1, 0.15) is 0 Å². The third-order valence-corrected chi connectivity index (χ3v) is 2.32. The largest absolute Gasteiger partial charge is 0.439 e. The van der Waals surface area contributed by atoms with Gasteiger partial charge >= 0.3 is 5.76 Å². The molecule has 2 heterocycles. The normalized spacial score (nSPS) is 10.8. The summed E-state index contributed by atoms with van der Waals surface area (Å²) >= 11 is 0. The number of aromatic amines is 1. The summed E-state index contributed by atoms with van der Waals surface area (Å²) in [4.78, 5) is 17.5. The van der Waals surface area contributed by atoms with Gasteiger partial charge < -0.3 is 0 Å². The average Bonchev–Trinajstić information content (AvgIpc) is 2.75. The summed E-state index contributed by atoms with van der Waals surface area (Å²) in [5.74, 6) is -0.128. The molecule has 3 rings (SSSR count). The number of nitrogens with one attached hydrogen (secondary N) is 1. The van der Waals surface area contributed by atoms with Crippen molar-refractivity contribution in [2.45, 2.75) is 0 Å². The summed E-state index contributed by atoms with van der Waals surface area (Å²) in [7, 11) is 0. The average molecular weight is 213 g/mol. The molecule has 5 nitrogen and oxygen atoms in total. The molecule has 0 atom stereocenters. The van der Waals surface area contributed by atoms with Crippen molar-refractivity contribution in [2.75, 3.05) is 0 Å². The molecule has 0 radical (unpaired) electrons. The van der Waals surface area contributed by atoms with E-state index in [1.165, 1.54) is 0 Å². The molecule has 0 fully saturated rings. The lowest BCUT2D eigenvalue weighted by atomic mass is 10.1. The zero-order valence-corrected chi connectivity index (χ0v) is 8.18. The molecule has 0 unspecified atom stereocenters. The van der Waals surface area contributed by atoms with Crippen molar-refractivity contribution in [2.24, 2.45) is 0 Å². The predicted octanol–water partition coefficient (Wildman–Crippen LogP) is 1.58. The lowest BCUT2D eigenvalue weighted by Gasteiger charge is -1.98. The van der Waals surface area contributed by atoms with Crippen molar-refractivity contribution in [3.05, 3.63) is 47.1 Å². The van der Waals surface area contributed by atoms with Gasteiger partial charge in [0.25, 0.3) is 0 Å². The fourth-order valence-corrected chi connectivity index (χ4v) is 1.58. The highest BCUT2D eigenvalue weighted by molar-refractivity contribution is 5.82. The van der Waals surface area contributed by atoms with Gasteiger partial charge in [0.2, 0.25) is 0 Å². The van der Waals surface area contributed by atoms with Crippen LogP contribution in [0.1, 0.15) is 0 Å². The van der Waals surface area contributed by atoms with Crippen LogP contribution in [-0.2, 0) is 0 Å². The maximum atomic E-state index is 10.8. The molecular formula is C11H7N3O2. The van der Waals surface area contributed by atoms with Crippen LogP contribution in [0.25, 0.3) is 22.3 Å². The Morgan fingerprint density at radius 2 is 2.19 bits per heavy atom. The standard InChI is InChI=1S/C11H7N3O2/c15-11-13-10(14-16-11)8-3-4-9-7(6-8)2-1-5-12-9/h1-6H,(H,13,14,15). The van der Waals surface area contributed by atoms with E-state index in [1.807, 2.05) is 30.3 Å². The molecule has 0 aliphatic rings. The van der Waals surface area contributed by atoms with Gasteiger partial charge in [0.05, 0.1) is 5.52 Å². The van der Waals surface area contributed by atoms with Crippen LogP contribution >= 0.6 is 0 Å². The molecule has 78 valence electrons. The van der Waals surface area contributed by atoms with Crippen molar-refractivity contribution < 1.29 is 4.52 Å². The Morgan fingerprint density at radius 3 is 3.00 bits per heavy atom. The first-order valence-corrected chi connectivity index (χ1v) is 4.74. The fourth-order valence-electron chi connectivity index (χ4n) is 1.58. The number of hydrogen-bond donors (Lipinski definition) is 1. The van der Waals surface area contributed by atoms with E-state index in [4.69, 9.17) is 0 Å². The number of nitrogens with zero attached hydrogens (tertiary/aromatic N) is 2. The molecule has 0 amide bonds. The Hall–Kier alpha value is -2.43. The van der Waals surface area contributed by atoms with Gasteiger partial charge in [0, 0.05) is 17.1 Å². The Balaban J connectivity index is 2.22. The number of aromatic nitrogens is 3. The third-order valence-electron chi connectivity index (χ3n) is 2.32. The SMILES string of the molecule is O=c1[nH]c(-c2ccc3ncccc3c2)no1. The second-order valence-electron chi connectivity index (χ2n) is 3.35. The number of pyridine rings is 1. The maximum Gasteiger partial charge on any atom is 0.439 e. The van der Waals surface area contributed by atoms with Crippen LogP contribution in [0.3, 0.4) is 0 Å². The molecule has 5 heteroatoms. The van der Waals surface area contributed by atoms with Crippen LogP contribution in [0.5, 0.6) is 0 Å². The summed E-state index contributed by atoms with van der Waals surface area (Å²) in [6.45, 7) is 0. The number of benzene rings is 1. The second kappa shape index (κ2) is 3.30. The first-order chi connectivity index (χ1) is 7.83. The first kappa shape index (κ1) is 8.84. The monoisotopic (exact) mass is 213 g/mol. The fraction of sp³-hybridized carbons (Fsp3) is 0. The molecule has 1 aromatic carbocycles. The van der Waals surface area contributed by atoms with E-state index in [9.17, 15) is 4.79 Å². The molecule has 2 aromatic heterocycles. The molecule has 16 heavy (non-hydrogen) atoms. The molecule has 0 aliphatic carbocycles. The Labute approximate surface area is 89.7 Å². The van der Waals surface area contributed by atoms with Crippen molar-refractivity contribution in [1.29, 1.82) is 0 Å². The van der Waals surface area contributed by atoms with Crippen LogP contribution in [0, 0.1) is 0 Å². The summed E-state index contributed by atoms with van der Waals surface area (Å²) in [5.41, 5.74) is 1.70. The molecular weight excluding hydrogens is 206 g/mol. The number of rotatable bonds is 1. The lowest BCUT2D eigenvalue weighted by molar-refractivity contribution is 0.388. The number of hydrogen-bond acceptors (Lipinski definition) is 4. The topological polar surface area (TPSA) is 71.8 Å². The van der Waals surface area contributed by atoms with E-state index >= 15 is 0 Å². The minimum absolute atomic E-state index is 0.427. The van der Waals surface area contributed by atoms with Crippen LogP contribution in [-0.4, -0.2) is 15.1 Å². The lowest BCUT2D eigenvalue weighted by Crippen LogP contribution is -1.94. The van der Waals surface area contributed by atoms with E-state index in [1.54, 1.807) is 6.20 Å². The zero-order chi connectivity index (χ0) is 11.0. The molecule has 0 spiro atoms. The highest BCUT2D eigenvalue weighted by atomic mass is 16.5. The molecule has 1 N–H and O–H groups in total. The van der Waals surface area contributed by atoms with Crippen LogP contribution in [0.15, 0.2) is 45.8 Å². The van der Waals surface area contributed by atoms with Crippen LogP contribution in [0.2, 0.25) is 0 Å². The highest BCUT2D eigenvalue weighted by Gasteiger charge is 2.04. The second-order valence-corrected chi connectivity index (χ2v) is 3.35. The highest BCUT2D eigenvalue weighted by Crippen LogP contribution is 2.19. The first-order valence-electron chi connectivity index (χ1n) is 4.74. The third kappa shape index (κ3) is 1.38. The van der Waals surface area contributed by atoms with Gasteiger partial charge in [-0.3, -0.25) is 14.5 Å². The Kier molecular flexibility index (Phi) is 1.83. The van der Waals surface area contributed by atoms with Crippen molar-refractivity contribution in [3.8, 4) is 11.4 Å². The summed E-state index contributed by atoms with van der Waals surface area (Å²) < 4.78 is 4.45. The van der Waals surface area contributed by atoms with Gasteiger partial charge in [-0.1, -0.05) is 11.2 Å². The van der Waals surface area contributed by atoms with Gasteiger partial charge in [-0.25, -0.2) is 4.79 Å². The summed E-state index contributed by atoms with van der Waals surface area (Å²) in [6.07, 6.45) is 1.74. The van der Waals surface area contributed by atoms with E-state index in [0.29, 0.717) is 5.82 Å². The van der Waals surface area contributed by atoms with E-state index in [-0.39, 0.29) is 0 Å². The molecule has 0 saturated heterocycles. The van der Waals surface area contributed by atoms with Gasteiger partial charge in [0.15, 0.2) is 5.82 Å². The van der Waals surface area contributed by atoms with Crippen LogP contribution < -0.4 is 5.76 Å². The van der Waals surface area contributed by atoms with Gasteiger partial charge in [-0.05, 0) is 24.3 Å². The Bertz CT molecular complexity index is 699. The maximum absolute atomic E-state index is 10.8. The van der Waals surface area contributed by atoms with E-state index < -0.39 is 5.76 Å². The van der Waals surface area contributed by atoms with Crippen molar-refractivity contribution in [3.63, 3.8) is 0 Å². The molecule has 0 aliphatic heterocycles.